The Kier molecular flexibility index (Phi) is 4.30. The van der Waals surface area contributed by atoms with Crippen molar-refractivity contribution in [2.75, 3.05) is 17.7 Å². The monoisotopic (exact) mass is 288 g/mol. The minimum absolute atomic E-state index is 0.129. The lowest BCUT2D eigenvalue weighted by molar-refractivity contribution is 0.0691. The molecule has 3 N–H and O–H groups in total. The highest BCUT2D eigenvalue weighted by molar-refractivity contribution is 6.02. The normalized spacial score (nSPS) is 9.76. The molecule has 8 heteroatoms. The Labute approximate surface area is 119 Å². The molecule has 1 aromatic heterocycles. The molecule has 1 heterocycles. The maximum absolute atomic E-state index is 11.8. The Balaban J connectivity index is 2.06. The number of anilines is 2. The van der Waals surface area contributed by atoms with E-state index in [4.69, 9.17) is 9.84 Å². The van der Waals surface area contributed by atoms with E-state index in [9.17, 15) is 9.59 Å². The lowest BCUT2D eigenvalue weighted by Gasteiger charge is -2.08. The second-order valence-electron chi connectivity index (χ2n) is 3.87. The van der Waals surface area contributed by atoms with Crippen LogP contribution in [0.5, 0.6) is 5.75 Å². The van der Waals surface area contributed by atoms with Gasteiger partial charge in [0.1, 0.15) is 5.75 Å². The zero-order valence-corrected chi connectivity index (χ0v) is 11.0. The molecule has 8 nitrogen and oxygen atoms in total. The largest absolute Gasteiger partial charge is 0.497 e. The predicted molar refractivity (Wildman–Crippen MR) is 74.6 cm³/mol. The van der Waals surface area contributed by atoms with E-state index in [1.165, 1.54) is 19.5 Å². The van der Waals surface area contributed by atoms with Crippen LogP contribution in [-0.2, 0) is 0 Å². The fraction of sp³-hybridized carbons (Fsp3) is 0.0769. The van der Waals surface area contributed by atoms with Crippen LogP contribution in [0.1, 0.15) is 10.5 Å². The average molecular weight is 288 g/mol. The number of aromatic nitrogens is 2. The first kappa shape index (κ1) is 14.3. The van der Waals surface area contributed by atoms with Crippen molar-refractivity contribution in [1.29, 1.82) is 0 Å². The van der Waals surface area contributed by atoms with Crippen LogP contribution in [0, 0.1) is 0 Å². The number of carbonyl (C=O) groups excluding carboxylic acids is 1. The van der Waals surface area contributed by atoms with E-state index in [-0.39, 0.29) is 11.5 Å². The summed E-state index contributed by atoms with van der Waals surface area (Å²) in [5.41, 5.74) is 0.191. The lowest BCUT2D eigenvalue weighted by atomic mass is 10.3. The summed E-state index contributed by atoms with van der Waals surface area (Å²) in [5.74, 6) is -0.748. The summed E-state index contributed by atoms with van der Waals surface area (Å²) in [6, 6.07) is 6.03. The molecule has 0 fully saturated rings. The van der Waals surface area contributed by atoms with Crippen molar-refractivity contribution in [3.8, 4) is 5.75 Å². The van der Waals surface area contributed by atoms with E-state index in [1.807, 2.05) is 0 Å². The van der Waals surface area contributed by atoms with Crippen molar-refractivity contribution in [3.05, 3.63) is 42.4 Å². The van der Waals surface area contributed by atoms with Crippen LogP contribution in [-0.4, -0.2) is 34.2 Å². The van der Waals surface area contributed by atoms with Crippen molar-refractivity contribution in [3.63, 3.8) is 0 Å². The second kappa shape index (κ2) is 6.33. The average Bonchev–Trinajstić information content (AvgIpc) is 2.48. The highest BCUT2D eigenvalue weighted by Gasteiger charge is 2.14. The number of carbonyl (C=O) groups is 2. The van der Waals surface area contributed by atoms with Crippen molar-refractivity contribution < 1.29 is 19.4 Å². The molecule has 1 aromatic carbocycles. The first-order valence-corrected chi connectivity index (χ1v) is 5.86. The number of hydrogen-bond acceptors (Lipinski definition) is 5. The number of urea groups is 1. The van der Waals surface area contributed by atoms with Crippen LogP contribution in [0.3, 0.4) is 0 Å². The smallest absolute Gasteiger partial charge is 0.358 e. The quantitative estimate of drug-likeness (QED) is 0.791. The van der Waals surface area contributed by atoms with Crippen molar-refractivity contribution in [1.82, 2.24) is 9.97 Å². The van der Waals surface area contributed by atoms with Gasteiger partial charge in [0, 0.05) is 18.1 Å². The van der Waals surface area contributed by atoms with Gasteiger partial charge in [0.25, 0.3) is 0 Å². The van der Waals surface area contributed by atoms with Gasteiger partial charge in [-0.15, -0.1) is 0 Å². The highest BCUT2D eigenvalue weighted by Crippen LogP contribution is 2.15. The predicted octanol–water partition coefficient (Wildman–Crippen LogP) is 1.83. The molecule has 0 atom stereocenters. The molecule has 0 spiro atoms. The fourth-order valence-electron chi connectivity index (χ4n) is 1.53. The number of aromatic carboxylic acids is 1. The minimum atomic E-state index is -1.28. The summed E-state index contributed by atoms with van der Waals surface area (Å²) in [6.45, 7) is 0. The third-order valence-corrected chi connectivity index (χ3v) is 2.48. The van der Waals surface area contributed by atoms with Gasteiger partial charge in [-0.1, -0.05) is 0 Å². The van der Waals surface area contributed by atoms with Gasteiger partial charge in [-0.2, -0.15) is 0 Å². The van der Waals surface area contributed by atoms with E-state index in [1.54, 1.807) is 24.3 Å². The molecule has 0 unspecified atom stereocenters. The molecule has 0 saturated carbocycles. The molecule has 2 rings (SSSR count). The second-order valence-corrected chi connectivity index (χ2v) is 3.87. The summed E-state index contributed by atoms with van der Waals surface area (Å²) >= 11 is 0. The Bertz CT molecular complexity index is 657. The third kappa shape index (κ3) is 3.66. The summed E-state index contributed by atoms with van der Waals surface area (Å²) in [7, 11) is 1.54. The molecule has 0 aliphatic carbocycles. The number of nitrogens with one attached hydrogen (secondary N) is 2. The number of methoxy groups -OCH3 is 1. The van der Waals surface area contributed by atoms with Gasteiger partial charge < -0.3 is 15.2 Å². The molecule has 108 valence electrons. The summed E-state index contributed by atoms with van der Waals surface area (Å²) in [5, 5.41) is 13.8. The van der Waals surface area contributed by atoms with Crippen LogP contribution in [0.4, 0.5) is 16.3 Å². The van der Waals surface area contributed by atoms with E-state index in [0.717, 1.165) is 0 Å². The fourth-order valence-corrected chi connectivity index (χ4v) is 1.53. The Morgan fingerprint density at radius 3 is 2.38 bits per heavy atom. The molecule has 0 radical (unpaired) electrons. The third-order valence-electron chi connectivity index (χ3n) is 2.48. The first-order valence-electron chi connectivity index (χ1n) is 5.86. The summed E-state index contributed by atoms with van der Waals surface area (Å²) < 4.78 is 5.00. The van der Waals surface area contributed by atoms with Crippen molar-refractivity contribution >= 4 is 23.5 Å². The number of amides is 2. The number of carboxylic acid groups (broad SMARTS) is 1. The van der Waals surface area contributed by atoms with Crippen LogP contribution in [0.15, 0.2) is 36.7 Å². The molecular formula is C13H12N4O4. The number of carboxylic acids is 1. The first-order chi connectivity index (χ1) is 10.1. The standard InChI is InChI=1S/C13H12N4O4/c1-21-9-4-2-8(3-5-9)16-13(20)17-11-10(12(18)19)14-6-7-15-11/h2-7H,1H3,(H,18,19)(H2,15,16,17,20). The van der Waals surface area contributed by atoms with Crippen LogP contribution >= 0.6 is 0 Å². The Hall–Kier alpha value is -3.16. The summed E-state index contributed by atoms with van der Waals surface area (Å²) in [4.78, 5) is 30.2. The van der Waals surface area contributed by atoms with Crippen molar-refractivity contribution in [2.24, 2.45) is 0 Å². The van der Waals surface area contributed by atoms with E-state index >= 15 is 0 Å². The molecule has 0 aliphatic rings. The zero-order valence-electron chi connectivity index (χ0n) is 11.0. The van der Waals surface area contributed by atoms with Crippen LogP contribution in [0.25, 0.3) is 0 Å². The van der Waals surface area contributed by atoms with Crippen molar-refractivity contribution in [2.45, 2.75) is 0 Å². The zero-order chi connectivity index (χ0) is 15.2. The minimum Gasteiger partial charge on any atom is -0.497 e. The molecule has 21 heavy (non-hydrogen) atoms. The SMILES string of the molecule is COc1ccc(NC(=O)Nc2nccnc2C(=O)O)cc1. The van der Waals surface area contributed by atoms with E-state index in [2.05, 4.69) is 20.6 Å². The molecule has 2 amide bonds. The molecule has 0 aliphatic heterocycles. The highest BCUT2D eigenvalue weighted by atomic mass is 16.5. The Morgan fingerprint density at radius 1 is 1.10 bits per heavy atom. The maximum Gasteiger partial charge on any atom is 0.358 e. The van der Waals surface area contributed by atoms with Gasteiger partial charge in [-0.25, -0.2) is 19.6 Å². The number of benzene rings is 1. The van der Waals surface area contributed by atoms with Crippen LogP contribution in [0.2, 0.25) is 0 Å². The molecule has 2 aromatic rings. The molecule has 0 saturated heterocycles. The molecular weight excluding hydrogens is 276 g/mol. The van der Waals surface area contributed by atoms with Gasteiger partial charge in [0.15, 0.2) is 11.5 Å². The Morgan fingerprint density at radius 2 is 1.76 bits per heavy atom. The summed E-state index contributed by atoms with van der Waals surface area (Å²) in [6.07, 6.45) is 2.52. The van der Waals surface area contributed by atoms with Gasteiger partial charge >= 0.3 is 12.0 Å². The van der Waals surface area contributed by atoms with Gasteiger partial charge in [0.05, 0.1) is 7.11 Å². The van der Waals surface area contributed by atoms with Gasteiger partial charge in [0.2, 0.25) is 0 Å². The molecule has 0 bridgehead atoms. The number of ether oxygens (including phenoxy) is 1. The van der Waals surface area contributed by atoms with Gasteiger partial charge in [-0.3, -0.25) is 5.32 Å². The topological polar surface area (TPSA) is 113 Å². The van der Waals surface area contributed by atoms with Crippen LogP contribution < -0.4 is 15.4 Å². The van der Waals surface area contributed by atoms with E-state index < -0.39 is 12.0 Å². The number of rotatable bonds is 4. The maximum atomic E-state index is 11.8. The van der Waals surface area contributed by atoms with Gasteiger partial charge in [-0.05, 0) is 24.3 Å². The number of nitrogens with zero attached hydrogens (tertiary/aromatic N) is 2. The van der Waals surface area contributed by atoms with E-state index in [0.29, 0.717) is 11.4 Å². The number of hydrogen-bond donors (Lipinski definition) is 3. The lowest BCUT2D eigenvalue weighted by Crippen LogP contribution is -2.22.